The van der Waals surface area contributed by atoms with Crippen LogP contribution in [0.4, 0.5) is 5.69 Å². The third-order valence-corrected chi connectivity index (χ3v) is 5.47. The molecule has 1 N–H and O–H groups in total. The van der Waals surface area contributed by atoms with E-state index in [-0.39, 0.29) is 18.1 Å². The molecule has 7 heteroatoms. The average molecular weight is 428 g/mol. The number of fused-ring (bicyclic) bond motifs is 1. The van der Waals surface area contributed by atoms with Crippen LogP contribution in [0, 0.1) is 0 Å². The number of hydrogen-bond donors (Lipinski definition) is 1. The van der Waals surface area contributed by atoms with Crippen LogP contribution in [0.5, 0.6) is 11.5 Å². The zero-order chi connectivity index (χ0) is 21.9. The minimum atomic E-state index is -0.388. The zero-order valence-electron chi connectivity index (χ0n) is 17.8. The van der Waals surface area contributed by atoms with Gasteiger partial charge in [-0.25, -0.2) is 5.43 Å². The standard InChI is InChI=1S/C23H26ClN3O3/c1-15-12-23(2,3)27(4)19-11-21(29-5)16(10-17(15)19)13-25-26-22(28)14-30-20-9-7-6-8-18(20)24/h6-13H,14H2,1-5H3,(H,26,28)/b25-13+. The molecule has 0 bridgehead atoms. The number of nitrogens with one attached hydrogen (secondary N) is 1. The van der Waals surface area contributed by atoms with Crippen LogP contribution >= 0.6 is 11.6 Å². The Kier molecular flexibility index (Phi) is 6.37. The van der Waals surface area contributed by atoms with Gasteiger partial charge in [-0.2, -0.15) is 5.10 Å². The van der Waals surface area contributed by atoms with Crippen LogP contribution in [0.2, 0.25) is 5.02 Å². The quantitative estimate of drug-likeness (QED) is 0.544. The number of hydrazone groups is 1. The van der Waals surface area contributed by atoms with Crippen molar-refractivity contribution in [3.63, 3.8) is 0 Å². The predicted octanol–water partition coefficient (Wildman–Crippen LogP) is 4.51. The summed E-state index contributed by atoms with van der Waals surface area (Å²) in [6.45, 7) is 6.24. The molecule has 2 aromatic rings. The van der Waals surface area contributed by atoms with Gasteiger partial charge in [0.15, 0.2) is 6.61 Å². The summed E-state index contributed by atoms with van der Waals surface area (Å²) in [4.78, 5) is 14.2. The molecule has 1 aliphatic heterocycles. The second kappa shape index (κ2) is 8.79. The highest BCUT2D eigenvalue weighted by Gasteiger charge is 2.29. The van der Waals surface area contributed by atoms with Gasteiger partial charge in [0.2, 0.25) is 0 Å². The number of likely N-dealkylation sites (N-methyl/N-ethyl adjacent to an activating group) is 1. The third kappa shape index (κ3) is 4.60. The molecule has 0 saturated heterocycles. The molecule has 3 rings (SSSR count). The number of allylic oxidation sites excluding steroid dienone is 1. The van der Waals surface area contributed by atoms with Crippen molar-refractivity contribution in [2.24, 2.45) is 5.10 Å². The molecule has 0 atom stereocenters. The lowest BCUT2D eigenvalue weighted by molar-refractivity contribution is -0.123. The summed E-state index contributed by atoms with van der Waals surface area (Å²) in [5.41, 5.74) is 6.52. The van der Waals surface area contributed by atoms with E-state index in [1.54, 1.807) is 37.6 Å². The van der Waals surface area contributed by atoms with E-state index in [1.807, 2.05) is 12.1 Å². The van der Waals surface area contributed by atoms with Crippen LogP contribution in [0.3, 0.4) is 0 Å². The maximum atomic E-state index is 12.0. The van der Waals surface area contributed by atoms with Gasteiger partial charge in [-0.05, 0) is 44.5 Å². The van der Waals surface area contributed by atoms with Crippen LogP contribution in [0.15, 0.2) is 47.6 Å². The number of anilines is 1. The number of methoxy groups -OCH3 is 1. The molecule has 1 heterocycles. The number of hydrogen-bond acceptors (Lipinski definition) is 5. The van der Waals surface area contributed by atoms with Gasteiger partial charge in [0.1, 0.15) is 11.5 Å². The fraction of sp³-hybridized carbons (Fsp3) is 0.304. The number of carbonyl (C=O) groups excluding carboxylic acids is 1. The second-order valence-electron chi connectivity index (χ2n) is 7.66. The maximum Gasteiger partial charge on any atom is 0.277 e. The summed E-state index contributed by atoms with van der Waals surface area (Å²) >= 11 is 6.01. The summed E-state index contributed by atoms with van der Waals surface area (Å²) in [6.07, 6.45) is 3.80. The van der Waals surface area contributed by atoms with Crippen molar-refractivity contribution in [2.75, 3.05) is 25.7 Å². The monoisotopic (exact) mass is 427 g/mol. The number of nitrogens with zero attached hydrogens (tertiary/aromatic N) is 2. The van der Waals surface area contributed by atoms with E-state index < -0.39 is 0 Å². The van der Waals surface area contributed by atoms with Gasteiger partial charge in [-0.15, -0.1) is 0 Å². The molecule has 2 aromatic carbocycles. The first-order chi connectivity index (χ1) is 14.2. The van der Waals surface area contributed by atoms with Crippen LogP contribution in [-0.2, 0) is 4.79 Å². The Morgan fingerprint density at radius 3 is 2.70 bits per heavy atom. The summed E-state index contributed by atoms with van der Waals surface area (Å²) in [7, 11) is 3.68. The number of carbonyl (C=O) groups is 1. The van der Waals surface area contributed by atoms with E-state index in [1.165, 1.54) is 5.57 Å². The summed E-state index contributed by atoms with van der Waals surface area (Å²) in [6, 6.07) is 11.0. The molecule has 0 aliphatic carbocycles. The Morgan fingerprint density at radius 1 is 1.27 bits per heavy atom. The fourth-order valence-electron chi connectivity index (χ4n) is 3.38. The lowest BCUT2D eigenvalue weighted by Gasteiger charge is -2.40. The first kappa shape index (κ1) is 21.7. The Bertz CT molecular complexity index is 1010. The minimum Gasteiger partial charge on any atom is -0.496 e. The fourth-order valence-corrected chi connectivity index (χ4v) is 3.57. The van der Waals surface area contributed by atoms with Gasteiger partial charge in [0, 0.05) is 29.9 Å². The normalized spacial score (nSPS) is 14.9. The zero-order valence-corrected chi connectivity index (χ0v) is 18.6. The average Bonchev–Trinajstić information content (AvgIpc) is 2.71. The molecule has 0 saturated carbocycles. The van der Waals surface area contributed by atoms with E-state index in [9.17, 15) is 4.79 Å². The van der Waals surface area contributed by atoms with Crippen molar-refractivity contribution in [3.8, 4) is 11.5 Å². The Balaban J connectivity index is 1.72. The van der Waals surface area contributed by atoms with Crippen molar-refractivity contribution >= 4 is 35.0 Å². The first-order valence-electron chi connectivity index (χ1n) is 9.58. The van der Waals surface area contributed by atoms with Crippen molar-refractivity contribution in [3.05, 3.63) is 58.6 Å². The third-order valence-electron chi connectivity index (χ3n) is 5.16. The highest BCUT2D eigenvalue weighted by atomic mass is 35.5. The van der Waals surface area contributed by atoms with E-state index in [2.05, 4.69) is 49.3 Å². The largest absolute Gasteiger partial charge is 0.496 e. The SMILES string of the molecule is COc1cc2c(cc1/C=N/NC(=O)COc1ccccc1Cl)C(C)=CC(C)(C)N2C. The first-order valence-corrected chi connectivity index (χ1v) is 9.95. The number of benzene rings is 2. The van der Waals surface area contributed by atoms with E-state index in [0.29, 0.717) is 16.5 Å². The second-order valence-corrected chi connectivity index (χ2v) is 8.07. The molecule has 0 aromatic heterocycles. The molecule has 0 fully saturated rings. The highest BCUT2D eigenvalue weighted by molar-refractivity contribution is 6.32. The van der Waals surface area contributed by atoms with Crippen LogP contribution in [0.1, 0.15) is 31.9 Å². The van der Waals surface area contributed by atoms with Gasteiger partial charge in [-0.3, -0.25) is 4.79 Å². The maximum absolute atomic E-state index is 12.0. The number of ether oxygens (including phenoxy) is 2. The van der Waals surface area contributed by atoms with Crippen molar-refractivity contribution in [1.29, 1.82) is 0 Å². The van der Waals surface area contributed by atoms with Crippen LogP contribution < -0.4 is 19.8 Å². The lowest BCUT2D eigenvalue weighted by Crippen LogP contribution is -2.42. The van der Waals surface area contributed by atoms with Crippen LogP contribution in [-0.4, -0.2) is 38.4 Å². The van der Waals surface area contributed by atoms with E-state index >= 15 is 0 Å². The van der Waals surface area contributed by atoms with Crippen molar-refractivity contribution < 1.29 is 14.3 Å². The predicted molar refractivity (Wildman–Crippen MR) is 122 cm³/mol. The summed E-state index contributed by atoms with van der Waals surface area (Å²) < 4.78 is 11.0. The number of para-hydroxylation sites is 1. The molecule has 158 valence electrons. The minimum absolute atomic E-state index is 0.0900. The Morgan fingerprint density at radius 2 is 2.00 bits per heavy atom. The van der Waals surface area contributed by atoms with Gasteiger partial charge < -0.3 is 14.4 Å². The number of rotatable bonds is 6. The molecular weight excluding hydrogens is 402 g/mol. The topological polar surface area (TPSA) is 63.2 Å². The van der Waals surface area contributed by atoms with E-state index in [0.717, 1.165) is 16.8 Å². The van der Waals surface area contributed by atoms with Crippen molar-refractivity contribution in [2.45, 2.75) is 26.3 Å². The number of halogens is 1. The molecule has 0 spiro atoms. The molecule has 1 amide bonds. The summed E-state index contributed by atoms with van der Waals surface area (Å²) in [5, 5.41) is 4.50. The molecule has 6 nitrogen and oxygen atoms in total. The smallest absolute Gasteiger partial charge is 0.277 e. The molecule has 0 radical (unpaired) electrons. The van der Waals surface area contributed by atoms with Crippen molar-refractivity contribution in [1.82, 2.24) is 5.43 Å². The highest BCUT2D eigenvalue weighted by Crippen LogP contribution is 2.40. The van der Waals surface area contributed by atoms with Crippen LogP contribution in [0.25, 0.3) is 5.57 Å². The Hall–Kier alpha value is -2.99. The Labute approximate surface area is 182 Å². The van der Waals surface area contributed by atoms with Gasteiger partial charge in [0.05, 0.1) is 23.9 Å². The number of amides is 1. The lowest BCUT2D eigenvalue weighted by atomic mass is 9.88. The molecule has 30 heavy (non-hydrogen) atoms. The molecular formula is C23H26ClN3O3. The van der Waals surface area contributed by atoms with Gasteiger partial charge in [-0.1, -0.05) is 29.8 Å². The molecule has 0 unspecified atom stereocenters. The van der Waals surface area contributed by atoms with Gasteiger partial charge >= 0.3 is 0 Å². The van der Waals surface area contributed by atoms with E-state index in [4.69, 9.17) is 21.1 Å². The molecule has 1 aliphatic rings. The summed E-state index contributed by atoms with van der Waals surface area (Å²) in [5.74, 6) is 0.737. The van der Waals surface area contributed by atoms with Gasteiger partial charge in [0.25, 0.3) is 5.91 Å².